The van der Waals surface area contributed by atoms with Gasteiger partial charge in [0.05, 0.1) is 25.7 Å². The number of cyclic esters (lactones) is 1. The van der Waals surface area contributed by atoms with Gasteiger partial charge in [-0.15, -0.1) is 0 Å². The topological polar surface area (TPSA) is 146 Å². The van der Waals surface area contributed by atoms with E-state index in [4.69, 9.17) is 18.9 Å². The van der Waals surface area contributed by atoms with Crippen LogP contribution in [-0.2, 0) is 44.7 Å². The Morgan fingerprint density at radius 3 is 2.37 bits per heavy atom. The number of esters is 1. The van der Waals surface area contributed by atoms with Crippen molar-refractivity contribution in [1.29, 1.82) is 0 Å². The van der Waals surface area contributed by atoms with Gasteiger partial charge < -0.3 is 24.1 Å². The molecule has 4 atom stereocenters. The van der Waals surface area contributed by atoms with Gasteiger partial charge in [-0.2, -0.15) is 0 Å². The number of nitrogens with zero attached hydrogens (tertiary/aromatic N) is 1. The van der Waals surface area contributed by atoms with Gasteiger partial charge in [0.1, 0.15) is 18.8 Å². The molecule has 0 aromatic heterocycles. The Labute approximate surface area is 250 Å². The van der Waals surface area contributed by atoms with Gasteiger partial charge in [0.25, 0.3) is 0 Å². The molecule has 2 amide bonds. The number of ketones is 2. The van der Waals surface area contributed by atoms with Crippen LogP contribution >= 0.6 is 0 Å². The number of aliphatic hydroxyl groups excluding tert-OH is 1. The lowest BCUT2D eigenvalue weighted by molar-refractivity contribution is -0.158. The summed E-state index contributed by atoms with van der Waals surface area (Å²) >= 11 is 0. The lowest BCUT2D eigenvalue weighted by atomic mass is 9.97. The number of hydrogen-bond acceptors (Lipinski definition) is 10. The fraction of sp³-hybridized carbons (Fsp3) is 0.406. The van der Waals surface area contributed by atoms with Crippen LogP contribution in [0.5, 0.6) is 0 Å². The first-order chi connectivity index (χ1) is 20.7. The summed E-state index contributed by atoms with van der Waals surface area (Å²) in [7, 11) is 0. The number of aliphatic hydroxyl groups is 1. The Balaban J connectivity index is 1.49. The highest BCUT2D eigenvalue weighted by atomic mass is 16.6. The molecule has 2 aromatic rings. The predicted molar refractivity (Wildman–Crippen MR) is 153 cm³/mol. The number of amides is 2. The number of imide groups is 1. The summed E-state index contributed by atoms with van der Waals surface area (Å²) in [6.45, 7) is 2.92. The molecule has 1 aliphatic rings. The second-order valence-corrected chi connectivity index (χ2v) is 10.0. The highest BCUT2D eigenvalue weighted by Crippen LogP contribution is 2.30. The molecule has 11 heteroatoms. The molecule has 0 saturated carbocycles. The van der Waals surface area contributed by atoms with Gasteiger partial charge in [-0.25, -0.2) is 9.69 Å². The van der Waals surface area contributed by atoms with Crippen LogP contribution in [0.4, 0.5) is 4.79 Å². The molecule has 0 aliphatic carbocycles. The zero-order chi connectivity index (χ0) is 31.2. The third-order valence-electron chi connectivity index (χ3n) is 6.69. The molecule has 230 valence electrons. The molecule has 1 saturated heterocycles. The van der Waals surface area contributed by atoms with E-state index >= 15 is 0 Å². The van der Waals surface area contributed by atoms with Gasteiger partial charge in [-0.1, -0.05) is 60.7 Å². The highest BCUT2D eigenvalue weighted by Gasteiger charge is 2.44. The number of carbonyl (C=O) groups is 5. The summed E-state index contributed by atoms with van der Waals surface area (Å²) in [5.74, 6) is -3.92. The number of rotatable bonds is 17. The van der Waals surface area contributed by atoms with Crippen LogP contribution in [0.2, 0.25) is 0 Å². The van der Waals surface area contributed by atoms with Crippen molar-refractivity contribution < 1.29 is 48.0 Å². The maximum absolute atomic E-state index is 13.3. The maximum atomic E-state index is 13.3. The van der Waals surface area contributed by atoms with Crippen molar-refractivity contribution in [1.82, 2.24) is 4.90 Å². The summed E-state index contributed by atoms with van der Waals surface area (Å²) in [4.78, 5) is 63.8. The molecule has 3 rings (SSSR count). The largest absolute Gasteiger partial charge is 0.453 e. The Morgan fingerprint density at radius 2 is 1.72 bits per heavy atom. The molecule has 0 bridgehead atoms. The SMILES string of the molecule is CC(=O)O[C@@H](C(=O)C=CC(=O)CCCOC[C@@H](CO)OCc1ccccc1)[C@@H](C)C(=O)N1C(=O)OC[C@H]1c1ccccc1. The number of benzene rings is 2. The quantitative estimate of drug-likeness (QED) is 0.164. The van der Waals surface area contributed by atoms with E-state index in [0.717, 1.165) is 29.5 Å². The Morgan fingerprint density at radius 1 is 1.05 bits per heavy atom. The van der Waals surface area contributed by atoms with Crippen LogP contribution in [0.1, 0.15) is 43.9 Å². The molecule has 43 heavy (non-hydrogen) atoms. The maximum Gasteiger partial charge on any atom is 0.417 e. The van der Waals surface area contributed by atoms with Crippen LogP contribution in [0.25, 0.3) is 0 Å². The molecular formula is C32H37NO10. The molecule has 0 radical (unpaired) electrons. The minimum Gasteiger partial charge on any atom is -0.453 e. The molecule has 11 nitrogen and oxygen atoms in total. The summed E-state index contributed by atoms with van der Waals surface area (Å²) in [5, 5.41) is 9.51. The van der Waals surface area contributed by atoms with Crippen LogP contribution in [0.3, 0.4) is 0 Å². The number of allylic oxidation sites excluding steroid dienone is 1. The van der Waals surface area contributed by atoms with E-state index in [2.05, 4.69) is 0 Å². The van der Waals surface area contributed by atoms with Gasteiger partial charge >= 0.3 is 12.1 Å². The summed E-state index contributed by atoms with van der Waals surface area (Å²) in [5.41, 5.74) is 1.64. The van der Waals surface area contributed by atoms with Crippen LogP contribution in [-0.4, -0.2) is 78.2 Å². The zero-order valence-electron chi connectivity index (χ0n) is 24.3. The van der Waals surface area contributed by atoms with Crippen LogP contribution < -0.4 is 0 Å². The minimum absolute atomic E-state index is 0.0486. The van der Waals surface area contributed by atoms with Gasteiger partial charge in [0.15, 0.2) is 17.7 Å². The fourth-order valence-corrected chi connectivity index (χ4v) is 4.38. The van der Waals surface area contributed by atoms with Crippen molar-refractivity contribution in [2.24, 2.45) is 5.92 Å². The molecule has 1 fully saturated rings. The Hall–Kier alpha value is -4.19. The average molecular weight is 596 g/mol. The van der Waals surface area contributed by atoms with Gasteiger partial charge in [-0.3, -0.25) is 19.2 Å². The second-order valence-electron chi connectivity index (χ2n) is 10.0. The van der Waals surface area contributed by atoms with E-state index in [-0.39, 0.29) is 38.6 Å². The minimum atomic E-state index is -1.55. The van der Waals surface area contributed by atoms with Crippen LogP contribution in [0, 0.1) is 5.92 Å². The molecule has 0 unspecified atom stereocenters. The Bertz CT molecular complexity index is 1260. The van der Waals surface area contributed by atoms with Crippen molar-refractivity contribution in [3.63, 3.8) is 0 Å². The van der Waals surface area contributed by atoms with Gasteiger partial charge in [-0.05, 0) is 36.6 Å². The first-order valence-electron chi connectivity index (χ1n) is 14.0. The lowest BCUT2D eigenvalue weighted by Crippen LogP contribution is -2.45. The first-order valence-corrected chi connectivity index (χ1v) is 14.0. The van der Waals surface area contributed by atoms with Gasteiger partial charge in [0.2, 0.25) is 5.91 Å². The molecule has 1 N–H and O–H groups in total. The number of hydrogen-bond donors (Lipinski definition) is 1. The van der Waals surface area contributed by atoms with Crippen molar-refractivity contribution >= 4 is 29.5 Å². The van der Waals surface area contributed by atoms with E-state index in [0.29, 0.717) is 18.6 Å². The Kier molecular flexibility index (Phi) is 13.2. The zero-order valence-corrected chi connectivity index (χ0v) is 24.3. The third-order valence-corrected chi connectivity index (χ3v) is 6.69. The normalized spacial score (nSPS) is 16.9. The van der Waals surface area contributed by atoms with Crippen LogP contribution in [0.15, 0.2) is 72.8 Å². The molecule has 1 heterocycles. The van der Waals surface area contributed by atoms with Crippen molar-refractivity contribution in [3.05, 3.63) is 83.9 Å². The molecule has 1 aliphatic heterocycles. The summed E-state index contributed by atoms with van der Waals surface area (Å²) in [6, 6.07) is 17.6. The fourth-order valence-electron chi connectivity index (χ4n) is 4.38. The summed E-state index contributed by atoms with van der Waals surface area (Å²) < 4.78 is 21.4. The molecular weight excluding hydrogens is 558 g/mol. The van der Waals surface area contributed by atoms with E-state index in [1.54, 1.807) is 30.3 Å². The average Bonchev–Trinajstić information content (AvgIpc) is 3.41. The second kappa shape index (κ2) is 17.1. The molecule has 2 aromatic carbocycles. The van der Waals surface area contributed by atoms with E-state index < -0.39 is 47.9 Å². The monoisotopic (exact) mass is 595 g/mol. The van der Waals surface area contributed by atoms with Gasteiger partial charge in [0, 0.05) is 20.0 Å². The van der Waals surface area contributed by atoms with Crippen molar-refractivity contribution in [2.45, 2.75) is 51.5 Å². The van der Waals surface area contributed by atoms with E-state index in [1.807, 2.05) is 30.3 Å². The smallest absolute Gasteiger partial charge is 0.417 e. The number of ether oxygens (including phenoxy) is 4. The van der Waals surface area contributed by atoms with E-state index in [9.17, 15) is 29.1 Å². The third kappa shape index (κ3) is 10.2. The van der Waals surface area contributed by atoms with Crippen molar-refractivity contribution in [3.8, 4) is 0 Å². The highest BCUT2D eigenvalue weighted by molar-refractivity contribution is 6.04. The van der Waals surface area contributed by atoms with Crippen molar-refractivity contribution in [2.75, 3.05) is 26.4 Å². The standard InChI is InChI=1S/C32H37NO10/c1-22(31(38)33-28(21-42-32(33)39)25-12-7-4-8-13-25)30(43-23(2)35)29(37)16-15-26(36)14-9-17-40-20-27(18-34)41-19-24-10-5-3-6-11-24/h3-8,10-13,15-16,22,27-28,30,34H,9,14,17-21H2,1-2H3/t22-,27-,28+,30-/m1/s1. The summed E-state index contributed by atoms with van der Waals surface area (Å²) in [6.07, 6.45) is -0.461. The predicted octanol–water partition coefficient (Wildman–Crippen LogP) is 3.34. The molecule has 0 spiro atoms. The van der Waals surface area contributed by atoms with E-state index in [1.165, 1.54) is 6.92 Å². The first kappa shape index (κ1) is 33.3. The lowest BCUT2D eigenvalue weighted by Gasteiger charge is -2.26. The number of carbonyl (C=O) groups excluding carboxylic acids is 5.